The van der Waals surface area contributed by atoms with E-state index in [1.54, 1.807) is 4.90 Å². The van der Waals surface area contributed by atoms with Crippen molar-refractivity contribution in [1.29, 1.82) is 0 Å². The zero-order valence-electron chi connectivity index (χ0n) is 19.8. The van der Waals surface area contributed by atoms with Crippen molar-refractivity contribution in [1.82, 2.24) is 19.7 Å². The van der Waals surface area contributed by atoms with Gasteiger partial charge in [-0.15, -0.1) is 0 Å². The molecule has 3 amide bonds. The lowest BCUT2D eigenvalue weighted by Gasteiger charge is -2.38. The minimum absolute atomic E-state index is 0.0129. The van der Waals surface area contributed by atoms with Crippen molar-refractivity contribution in [3.05, 3.63) is 46.6 Å². The maximum Gasteiger partial charge on any atom is 0.256 e. The van der Waals surface area contributed by atoms with Gasteiger partial charge in [-0.3, -0.25) is 14.4 Å². The number of rotatable bonds is 6. The van der Waals surface area contributed by atoms with Crippen LogP contribution in [0.15, 0.2) is 35.3 Å². The van der Waals surface area contributed by atoms with Crippen molar-refractivity contribution in [2.24, 2.45) is 5.92 Å². The third-order valence-electron chi connectivity index (χ3n) is 6.66. The standard InChI is InChI=1S/C25H31BrN4O4/c1-5-23(32)29-11-18(12-29)27-22(31)14-30-16(4)24(19-10-17(26)6-7-20(19)30)25(33)28-8-9-34-21(13-28)15(2)3/h5-7,10,15,18,21H,1,8-9,11-14H2,2-4H3,(H,27,31). The van der Waals surface area contributed by atoms with Crippen LogP contribution in [0.1, 0.15) is 29.9 Å². The summed E-state index contributed by atoms with van der Waals surface area (Å²) in [6, 6.07) is 5.71. The van der Waals surface area contributed by atoms with Crippen LogP contribution >= 0.6 is 15.9 Å². The largest absolute Gasteiger partial charge is 0.374 e. The molecule has 2 aliphatic rings. The molecule has 1 N–H and O–H groups in total. The van der Waals surface area contributed by atoms with Gasteiger partial charge in [0.1, 0.15) is 6.54 Å². The molecule has 0 radical (unpaired) electrons. The van der Waals surface area contributed by atoms with Gasteiger partial charge >= 0.3 is 0 Å². The number of benzene rings is 1. The molecule has 1 atom stereocenters. The Morgan fingerprint density at radius 3 is 2.65 bits per heavy atom. The lowest BCUT2D eigenvalue weighted by atomic mass is 10.0. The van der Waals surface area contributed by atoms with Gasteiger partial charge in [0.05, 0.1) is 24.3 Å². The number of likely N-dealkylation sites (tertiary alicyclic amines) is 1. The Morgan fingerprint density at radius 1 is 1.24 bits per heavy atom. The van der Waals surface area contributed by atoms with E-state index in [0.717, 1.165) is 21.1 Å². The first-order valence-electron chi connectivity index (χ1n) is 11.6. The second-order valence-corrected chi connectivity index (χ2v) is 10.2. The minimum Gasteiger partial charge on any atom is -0.374 e. The van der Waals surface area contributed by atoms with Crippen LogP contribution in [0.4, 0.5) is 0 Å². The van der Waals surface area contributed by atoms with Crippen LogP contribution in [-0.4, -0.2) is 77.0 Å². The van der Waals surface area contributed by atoms with E-state index in [-0.39, 0.29) is 36.4 Å². The van der Waals surface area contributed by atoms with E-state index in [2.05, 4.69) is 41.7 Å². The lowest BCUT2D eigenvalue weighted by molar-refractivity contribution is -0.133. The molecule has 2 aliphatic heterocycles. The van der Waals surface area contributed by atoms with Gasteiger partial charge in [0.25, 0.3) is 5.91 Å². The molecule has 1 unspecified atom stereocenters. The first-order valence-corrected chi connectivity index (χ1v) is 12.4. The second kappa shape index (κ2) is 9.92. The highest BCUT2D eigenvalue weighted by Gasteiger charge is 2.32. The second-order valence-electron chi connectivity index (χ2n) is 9.32. The number of nitrogens with zero attached hydrogens (tertiary/aromatic N) is 3. The lowest BCUT2D eigenvalue weighted by Crippen LogP contribution is -2.61. The third-order valence-corrected chi connectivity index (χ3v) is 7.15. The Kier molecular flexibility index (Phi) is 7.14. The fourth-order valence-electron chi connectivity index (χ4n) is 4.65. The number of fused-ring (bicyclic) bond motifs is 1. The Bertz CT molecular complexity index is 1140. The molecule has 0 aliphatic carbocycles. The van der Waals surface area contributed by atoms with Crippen molar-refractivity contribution in [3.63, 3.8) is 0 Å². The van der Waals surface area contributed by atoms with Gasteiger partial charge in [0.2, 0.25) is 11.8 Å². The quantitative estimate of drug-likeness (QED) is 0.582. The van der Waals surface area contributed by atoms with E-state index in [0.29, 0.717) is 44.3 Å². The molecule has 1 aromatic carbocycles. The number of nitrogens with one attached hydrogen (secondary N) is 1. The Morgan fingerprint density at radius 2 is 1.97 bits per heavy atom. The molecule has 2 saturated heterocycles. The number of ether oxygens (including phenoxy) is 1. The van der Waals surface area contributed by atoms with E-state index in [9.17, 15) is 14.4 Å². The maximum absolute atomic E-state index is 13.7. The topological polar surface area (TPSA) is 83.9 Å². The van der Waals surface area contributed by atoms with E-state index >= 15 is 0 Å². The monoisotopic (exact) mass is 530 g/mol. The Labute approximate surface area is 208 Å². The van der Waals surface area contributed by atoms with E-state index in [1.807, 2.05) is 34.6 Å². The molecule has 8 nitrogen and oxygen atoms in total. The summed E-state index contributed by atoms with van der Waals surface area (Å²) in [4.78, 5) is 41.6. The van der Waals surface area contributed by atoms with Crippen LogP contribution in [0.5, 0.6) is 0 Å². The number of hydrogen-bond donors (Lipinski definition) is 1. The van der Waals surface area contributed by atoms with Crippen molar-refractivity contribution in [2.45, 2.75) is 39.5 Å². The predicted molar refractivity (Wildman–Crippen MR) is 134 cm³/mol. The smallest absolute Gasteiger partial charge is 0.256 e. The van der Waals surface area contributed by atoms with Gasteiger partial charge in [-0.25, -0.2) is 0 Å². The summed E-state index contributed by atoms with van der Waals surface area (Å²) in [6.45, 7) is 12.3. The first kappa shape index (κ1) is 24.5. The number of halogens is 1. The molecular weight excluding hydrogens is 500 g/mol. The molecule has 0 spiro atoms. The summed E-state index contributed by atoms with van der Waals surface area (Å²) in [6.07, 6.45) is 1.29. The van der Waals surface area contributed by atoms with Gasteiger partial charge in [-0.1, -0.05) is 36.4 Å². The molecular formula is C25H31BrN4O4. The van der Waals surface area contributed by atoms with E-state index < -0.39 is 0 Å². The number of amides is 3. The summed E-state index contributed by atoms with van der Waals surface area (Å²) in [5.41, 5.74) is 2.22. The van der Waals surface area contributed by atoms with Gasteiger partial charge in [0.15, 0.2) is 0 Å². The molecule has 2 aromatic rings. The number of morpholine rings is 1. The molecule has 9 heteroatoms. The summed E-state index contributed by atoms with van der Waals surface area (Å²) in [5, 5.41) is 3.81. The van der Waals surface area contributed by atoms with Crippen molar-refractivity contribution >= 4 is 44.6 Å². The van der Waals surface area contributed by atoms with Crippen LogP contribution in [0.2, 0.25) is 0 Å². The van der Waals surface area contributed by atoms with Crippen LogP contribution < -0.4 is 5.32 Å². The molecule has 182 valence electrons. The number of carbonyl (C=O) groups is 3. The summed E-state index contributed by atoms with van der Waals surface area (Å²) >= 11 is 3.53. The van der Waals surface area contributed by atoms with Crippen LogP contribution in [0.25, 0.3) is 10.9 Å². The summed E-state index contributed by atoms with van der Waals surface area (Å²) in [5.74, 6) is 0.00419. The molecule has 0 bridgehead atoms. The Balaban J connectivity index is 1.56. The normalized spacial score (nSPS) is 18.8. The first-order chi connectivity index (χ1) is 16.2. The van der Waals surface area contributed by atoms with Crippen molar-refractivity contribution in [2.75, 3.05) is 32.8 Å². The fraction of sp³-hybridized carbons (Fsp3) is 0.480. The summed E-state index contributed by atoms with van der Waals surface area (Å²) < 4.78 is 8.62. The number of carbonyl (C=O) groups excluding carboxylic acids is 3. The number of aromatic nitrogens is 1. The zero-order valence-corrected chi connectivity index (χ0v) is 21.4. The SMILES string of the molecule is C=CC(=O)N1CC(NC(=O)Cn2c(C)c(C(=O)N3CCOC(C(C)C)C3)c3cc(Br)ccc32)C1. The third kappa shape index (κ3) is 4.77. The molecule has 34 heavy (non-hydrogen) atoms. The molecule has 0 saturated carbocycles. The molecule has 4 rings (SSSR count). The van der Waals surface area contributed by atoms with Crippen LogP contribution in [0.3, 0.4) is 0 Å². The van der Waals surface area contributed by atoms with Gasteiger partial charge in [0, 0.05) is 47.2 Å². The average molecular weight is 531 g/mol. The molecule has 3 heterocycles. The highest BCUT2D eigenvalue weighted by molar-refractivity contribution is 9.10. The predicted octanol–water partition coefficient (Wildman–Crippen LogP) is 2.72. The van der Waals surface area contributed by atoms with Crippen LogP contribution in [-0.2, 0) is 20.9 Å². The van der Waals surface area contributed by atoms with E-state index in [1.165, 1.54) is 6.08 Å². The number of hydrogen-bond acceptors (Lipinski definition) is 4. The van der Waals surface area contributed by atoms with Gasteiger partial charge in [-0.05, 0) is 37.1 Å². The summed E-state index contributed by atoms with van der Waals surface area (Å²) in [7, 11) is 0. The highest BCUT2D eigenvalue weighted by Crippen LogP contribution is 2.30. The zero-order chi connectivity index (χ0) is 24.6. The van der Waals surface area contributed by atoms with E-state index in [4.69, 9.17) is 4.74 Å². The van der Waals surface area contributed by atoms with Crippen LogP contribution in [0, 0.1) is 12.8 Å². The highest BCUT2D eigenvalue weighted by atomic mass is 79.9. The Hall–Kier alpha value is -2.65. The van der Waals surface area contributed by atoms with Crippen molar-refractivity contribution in [3.8, 4) is 0 Å². The van der Waals surface area contributed by atoms with Crippen molar-refractivity contribution < 1.29 is 19.1 Å². The average Bonchev–Trinajstić information content (AvgIpc) is 3.05. The van der Waals surface area contributed by atoms with Gasteiger partial charge in [-0.2, -0.15) is 0 Å². The molecule has 1 aromatic heterocycles. The van der Waals surface area contributed by atoms with Gasteiger partial charge < -0.3 is 24.4 Å². The fourth-order valence-corrected chi connectivity index (χ4v) is 5.01. The molecule has 2 fully saturated rings. The maximum atomic E-state index is 13.7. The minimum atomic E-state index is -0.149.